The lowest BCUT2D eigenvalue weighted by atomic mass is 9.69. The number of fused-ring (bicyclic) bond motifs is 2. The smallest absolute Gasteiger partial charge is 0.377 e. The molecule has 3 aliphatic rings. The Balaban J connectivity index is 1.14. The van der Waals surface area contributed by atoms with Crippen molar-refractivity contribution in [3.8, 4) is 0 Å². The van der Waals surface area contributed by atoms with E-state index in [1.165, 1.54) is 43.4 Å². The van der Waals surface area contributed by atoms with Gasteiger partial charge in [0, 0.05) is 43.6 Å². The lowest BCUT2D eigenvalue weighted by Crippen LogP contribution is -2.41. The Morgan fingerprint density at radius 2 is 1.82 bits per heavy atom. The normalized spacial score (nSPS) is 27.0. The molecule has 210 valence electrons. The number of hydrogen-bond acceptors (Lipinski definition) is 4. The van der Waals surface area contributed by atoms with Crippen LogP contribution < -0.4 is 5.32 Å². The molecule has 2 atom stereocenters. The highest BCUT2D eigenvalue weighted by molar-refractivity contribution is 5.96. The van der Waals surface area contributed by atoms with Crippen molar-refractivity contribution in [3.63, 3.8) is 0 Å². The third-order valence-electron chi connectivity index (χ3n) is 9.07. The lowest BCUT2D eigenvalue weighted by molar-refractivity contribution is -0.137. The molecule has 39 heavy (non-hydrogen) atoms. The standard InChI is InChI=1S/C31H37F3N2O3/c1-2-39-28-20-36(25-11-14-30(15-12-25)13-10-21-6-3-4-9-27(21)30)19-23(28)17-26(37)18-35-29(38)22-7-5-8-24(16-22)31(32,33)34/h3-9,16,23,25,28H,2,10-15,17-20H2,1H3,(H,35,38)/t23-,25?,28-,30?/m0/s1. The molecule has 2 fully saturated rings. The van der Waals surface area contributed by atoms with E-state index in [1.54, 1.807) is 5.56 Å². The SMILES string of the molecule is CCO[C@H]1CN(C2CCC3(CCc4ccccc43)CC2)C[C@@H]1CC(=O)CNC(=O)c1cccc(C(F)(F)F)c1. The number of nitrogens with zero attached hydrogens (tertiary/aromatic N) is 1. The zero-order valence-corrected chi connectivity index (χ0v) is 22.4. The van der Waals surface area contributed by atoms with E-state index in [-0.39, 0.29) is 36.3 Å². The maximum atomic E-state index is 13.0. The Kier molecular flexibility index (Phi) is 8.15. The first-order chi connectivity index (χ1) is 18.7. The molecule has 1 saturated carbocycles. The zero-order chi connectivity index (χ0) is 27.6. The van der Waals surface area contributed by atoms with E-state index in [1.807, 2.05) is 6.92 Å². The first kappa shape index (κ1) is 27.8. The molecule has 0 unspecified atom stereocenters. The number of amides is 1. The molecule has 2 aliphatic carbocycles. The Morgan fingerprint density at radius 1 is 1.05 bits per heavy atom. The van der Waals surface area contributed by atoms with E-state index in [0.717, 1.165) is 38.1 Å². The summed E-state index contributed by atoms with van der Waals surface area (Å²) in [6.45, 7) is 3.90. The number of nitrogens with one attached hydrogen (secondary N) is 1. The predicted octanol–water partition coefficient (Wildman–Crippen LogP) is 5.56. The number of carbonyl (C=O) groups is 2. The minimum absolute atomic E-state index is 0.0333. The number of Topliss-reactive ketones (excluding diaryl/α,β-unsaturated/α-hetero) is 1. The molecule has 0 aromatic heterocycles. The van der Waals surface area contributed by atoms with Crippen LogP contribution in [0, 0.1) is 5.92 Å². The van der Waals surface area contributed by atoms with Gasteiger partial charge in [-0.15, -0.1) is 0 Å². The maximum absolute atomic E-state index is 13.0. The number of likely N-dealkylation sites (tertiary alicyclic amines) is 1. The molecule has 1 spiro atoms. The molecule has 1 heterocycles. The molecule has 1 amide bonds. The molecule has 2 aromatic rings. The van der Waals surface area contributed by atoms with Crippen LogP contribution in [-0.2, 0) is 27.5 Å². The summed E-state index contributed by atoms with van der Waals surface area (Å²) in [5.41, 5.74) is 2.37. The van der Waals surface area contributed by atoms with E-state index < -0.39 is 17.6 Å². The monoisotopic (exact) mass is 542 g/mol. The quantitative estimate of drug-likeness (QED) is 0.475. The van der Waals surface area contributed by atoms with Crippen LogP contribution in [0.2, 0.25) is 0 Å². The average molecular weight is 543 g/mol. The number of ether oxygens (including phenoxy) is 1. The highest BCUT2D eigenvalue weighted by atomic mass is 19.4. The molecule has 0 radical (unpaired) electrons. The average Bonchev–Trinajstić information content (AvgIpc) is 3.49. The molecule has 1 aliphatic heterocycles. The Hall–Kier alpha value is -2.71. The van der Waals surface area contributed by atoms with Crippen LogP contribution in [0.25, 0.3) is 0 Å². The number of benzene rings is 2. The van der Waals surface area contributed by atoms with Crippen molar-refractivity contribution < 1.29 is 27.5 Å². The summed E-state index contributed by atoms with van der Waals surface area (Å²) in [5, 5.41) is 2.50. The summed E-state index contributed by atoms with van der Waals surface area (Å²) in [5.74, 6) is -0.795. The summed E-state index contributed by atoms with van der Waals surface area (Å²) in [6, 6.07) is 13.6. The van der Waals surface area contributed by atoms with Crippen LogP contribution in [0.1, 0.15) is 72.5 Å². The third-order valence-corrected chi connectivity index (χ3v) is 9.07. The molecular formula is C31H37F3N2O3. The predicted molar refractivity (Wildman–Crippen MR) is 143 cm³/mol. The number of alkyl halides is 3. The summed E-state index contributed by atoms with van der Waals surface area (Å²) in [6.07, 6.45) is 2.77. The van der Waals surface area contributed by atoms with Crippen LogP contribution in [0.4, 0.5) is 13.2 Å². The first-order valence-electron chi connectivity index (χ1n) is 14.1. The van der Waals surface area contributed by atoms with Gasteiger partial charge in [0.15, 0.2) is 5.78 Å². The molecule has 1 saturated heterocycles. The van der Waals surface area contributed by atoms with Gasteiger partial charge in [0.05, 0.1) is 18.2 Å². The number of halogens is 3. The zero-order valence-electron chi connectivity index (χ0n) is 22.4. The Bertz CT molecular complexity index is 1190. The van der Waals surface area contributed by atoms with Crippen LogP contribution >= 0.6 is 0 Å². The van der Waals surface area contributed by atoms with E-state index in [2.05, 4.69) is 34.5 Å². The van der Waals surface area contributed by atoms with Gasteiger partial charge in [-0.2, -0.15) is 13.2 Å². The van der Waals surface area contributed by atoms with E-state index >= 15 is 0 Å². The van der Waals surface area contributed by atoms with Crippen molar-refractivity contribution in [2.75, 3.05) is 26.2 Å². The molecule has 1 N–H and O–H groups in total. The fourth-order valence-corrected chi connectivity index (χ4v) is 7.06. The van der Waals surface area contributed by atoms with Gasteiger partial charge in [0.1, 0.15) is 0 Å². The largest absolute Gasteiger partial charge is 0.416 e. The molecule has 5 rings (SSSR count). The van der Waals surface area contributed by atoms with E-state index in [4.69, 9.17) is 4.74 Å². The van der Waals surface area contributed by atoms with Crippen molar-refractivity contribution in [2.45, 2.75) is 75.6 Å². The topological polar surface area (TPSA) is 58.6 Å². The van der Waals surface area contributed by atoms with Crippen LogP contribution in [0.15, 0.2) is 48.5 Å². The minimum Gasteiger partial charge on any atom is -0.377 e. The van der Waals surface area contributed by atoms with Gasteiger partial charge in [-0.05, 0) is 80.2 Å². The number of ketones is 1. The van der Waals surface area contributed by atoms with Crippen molar-refractivity contribution in [1.29, 1.82) is 0 Å². The molecule has 5 nitrogen and oxygen atoms in total. The third kappa shape index (κ3) is 6.07. The number of hydrogen-bond donors (Lipinski definition) is 1. The van der Waals surface area contributed by atoms with Gasteiger partial charge < -0.3 is 10.1 Å². The molecular weight excluding hydrogens is 505 g/mol. The van der Waals surface area contributed by atoms with Gasteiger partial charge >= 0.3 is 6.18 Å². The number of aryl methyl sites for hydroxylation is 1. The fourth-order valence-electron chi connectivity index (χ4n) is 7.06. The molecule has 2 aromatic carbocycles. The first-order valence-corrected chi connectivity index (χ1v) is 14.1. The van der Waals surface area contributed by atoms with E-state index in [9.17, 15) is 22.8 Å². The summed E-state index contributed by atoms with van der Waals surface area (Å²) < 4.78 is 44.9. The fraction of sp³-hybridized carbons (Fsp3) is 0.548. The van der Waals surface area contributed by atoms with Gasteiger partial charge in [-0.25, -0.2) is 0 Å². The van der Waals surface area contributed by atoms with Gasteiger partial charge in [-0.3, -0.25) is 14.5 Å². The second kappa shape index (κ2) is 11.4. The summed E-state index contributed by atoms with van der Waals surface area (Å²) >= 11 is 0. The molecule has 8 heteroatoms. The van der Waals surface area contributed by atoms with E-state index in [0.29, 0.717) is 18.1 Å². The van der Waals surface area contributed by atoms with Crippen LogP contribution in [-0.4, -0.2) is 55.0 Å². The van der Waals surface area contributed by atoms with Crippen LogP contribution in [0.5, 0.6) is 0 Å². The summed E-state index contributed by atoms with van der Waals surface area (Å²) in [7, 11) is 0. The summed E-state index contributed by atoms with van der Waals surface area (Å²) in [4.78, 5) is 27.7. The van der Waals surface area contributed by atoms with Crippen molar-refractivity contribution in [2.24, 2.45) is 5.92 Å². The minimum atomic E-state index is -4.53. The van der Waals surface area contributed by atoms with Crippen molar-refractivity contribution >= 4 is 11.7 Å². The van der Waals surface area contributed by atoms with Gasteiger partial charge in [-0.1, -0.05) is 30.3 Å². The second-order valence-corrected chi connectivity index (χ2v) is 11.4. The highest BCUT2D eigenvalue weighted by Gasteiger charge is 2.44. The number of carbonyl (C=O) groups excluding carboxylic acids is 2. The Labute approximate surface area is 228 Å². The number of rotatable bonds is 8. The van der Waals surface area contributed by atoms with Gasteiger partial charge in [0.2, 0.25) is 0 Å². The second-order valence-electron chi connectivity index (χ2n) is 11.4. The molecule has 0 bridgehead atoms. The Morgan fingerprint density at radius 3 is 2.56 bits per heavy atom. The van der Waals surface area contributed by atoms with Crippen molar-refractivity contribution in [1.82, 2.24) is 10.2 Å². The maximum Gasteiger partial charge on any atom is 0.416 e. The van der Waals surface area contributed by atoms with Crippen molar-refractivity contribution in [3.05, 3.63) is 70.8 Å². The van der Waals surface area contributed by atoms with Gasteiger partial charge in [0.25, 0.3) is 5.91 Å². The van der Waals surface area contributed by atoms with Crippen LogP contribution in [0.3, 0.4) is 0 Å². The highest BCUT2D eigenvalue weighted by Crippen LogP contribution is 2.49. The lowest BCUT2D eigenvalue weighted by Gasteiger charge is -2.41.